The molecule has 0 atom stereocenters. The van der Waals surface area contributed by atoms with Crippen molar-refractivity contribution >= 4 is 23.5 Å². The van der Waals surface area contributed by atoms with Gasteiger partial charge >= 0.3 is 0 Å². The standard InChI is InChI=1S/C26H24N4O2S/c31-26(27-21-10-7-13-23(18-21)33-29-14-16-32-17-15-29)24-19-30(22-11-5-2-6-12-22)28-25(24)20-8-3-1-4-9-20/h1-13,18-19H,14-17H2,(H,27,31). The normalized spacial score (nSPS) is 14.2. The number of benzene rings is 3. The zero-order chi connectivity index (χ0) is 22.5. The highest BCUT2D eigenvalue weighted by molar-refractivity contribution is 7.97. The summed E-state index contributed by atoms with van der Waals surface area (Å²) in [6.07, 6.45) is 1.79. The first-order chi connectivity index (χ1) is 16.3. The van der Waals surface area contributed by atoms with Gasteiger partial charge in [0.25, 0.3) is 5.91 Å². The monoisotopic (exact) mass is 456 g/mol. The number of anilines is 1. The van der Waals surface area contributed by atoms with Crippen LogP contribution in [-0.2, 0) is 4.74 Å². The lowest BCUT2D eigenvalue weighted by molar-refractivity contribution is 0.0773. The summed E-state index contributed by atoms with van der Waals surface area (Å²) in [7, 11) is 0. The average Bonchev–Trinajstić information content (AvgIpc) is 3.32. The molecule has 7 heteroatoms. The first kappa shape index (κ1) is 21.5. The molecule has 1 aliphatic rings. The van der Waals surface area contributed by atoms with Crippen molar-refractivity contribution in [2.45, 2.75) is 4.90 Å². The summed E-state index contributed by atoms with van der Waals surface area (Å²) in [5.74, 6) is -0.190. The molecule has 1 amide bonds. The van der Waals surface area contributed by atoms with Gasteiger partial charge in [-0.15, -0.1) is 0 Å². The molecule has 1 N–H and O–H groups in total. The van der Waals surface area contributed by atoms with Crippen LogP contribution in [0.4, 0.5) is 5.69 Å². The Labute approximate surface area is 197 Å². The van der Waals surface area contributed by atoms with Gasteiger partial charge in [0.1, 0.15) is 5.69 Å². The average molecular weight is 457 g/mol. The van der Waals surface area contributed by atoms with Crippen LogP contribution in [-0.4, -0.2) is 46.3 Å². The zero-order valence-corrected chi connectivity index (χ0v) is 18.9. The molecule has 0 spiro atoms. The summed E-state index contributed by atoms with van der Waals surface area (Å²) in [6.45, 7) is 3.27. The minimum Gasteiger partial charge on any atom is -0.379 e. The van der Waals surface area contributed by atoms with E-state index in [-0.39, 0.29) is 5.91 Å². The minimum absolute atomic E-state index is 0.190. The van der Waals surface area contributed by atoms with Crippen LogP contribution in [0, 0.1) is 0 Å². The van der Waals surface area contributed by atoms with Crippen LogP contribution in [0.1, 0.15) is 10.4 Å². The smallest absolute Gasteiger partial charge is 0.259 e. The highest BCUT2D eigenvalue weighted by atomic mass is 32.2. The molecule has 6 nitrogen and oxygen atoms in total. The predicted octanol–water partition coefficient (Wildman–Crippen LogP) is 5.13. The number of aromatic nitrogens is 2. The Bertz CT molecular complexity index is 1220. The van der Waals surface area contributed by atoms with E-state index < -0.39 is 0 Å². The Morgan fingerprint density at radius 1 is 0.909 bits per heavy atom. The van der Waals surface area contributed by atoms with Gasteiger partial charge in [-0.2, -0.15) is 5.10 Å². The van der Waals surface area contributed by atoms with E-state index in [1.807, 2.05) is 78.9 Å². The van der Waals surface area contributed by atoms with E-state index in [1.54, 1.807) is 22.8 Å². The van der Waals surface area contributed by atoms with Crippen LogP contribution in [0.3, 0.4) is 0 Å². The maximum absolute atomic E-state index is 13.4. The van der Waals surface area contributed by atoms with E-state index in [0.717, 1.165) is 48.1 Å². The molecule has 1 aliphatic heterocycles. The second kappa shape index (κ2) is 10.0. The number of ether oxygens (including phenoxy) is 1. The van der Waals surface area contributed by atoms with Crippen LogP contribution in [0.15, 0.2) is 96.0 Å². The van der Waals surface area contributed by atoms with Crippen LogP contribution in [0.25, 0.3) is 16.9 Å². The maximum Gasteiger partial charge on any atom is 0.259 e. The van der Waals surface area contributed by atoms with Gasteiger partial charge in [-0.05, 0) is 42.3 Å². The first-order valence-electron chi connectivity index (χ1n) is 10.9. The van der Waals surface area contributed by atoms with E-state index >= 15 is 0 Å². The lowest BCUT2D eigenvalue weighted by Crippen LogP contribution is -2.30. The van der Waals surface area contributed by atoms with E-state index in [1.165, 1.54) is 0 Å². The van der Waals surface area contributed by atoms with Crippen LogP contribution in [0.2, 0.25) is 0 Å². The van der Waals surface area contributed by atoms with Gasteiger partial charge in [-0.25, -0.2) is 8.99 Å². The number of carbonyl (C=O) groups excluding carboxylic acids is 1. The minimum atomic E-state index is -0.190. The predicted molar refractivity (Wildman–Crippen MR) is 132 cm³/mol. The van der Waals surface area contributed by atoms with E-state index in [9.17, 15) is 4.79 Å². The summed E-state index contributed by atoms with van der Waals surface area (Å²) in [5.41, 5.74) is 3.73. The van der Waals surface area contributed by atoms with Gasteiger partial charge in [-0.3, -0.25) is 4.79 Å². The largest absolute Gasteiger partial charge is 0.379 e. The van der Waals surface area contributed by atoms with Crippen molar-refractivity contribution in [2.24, 2.45) is 0 Å². The molecule has 0 saturated carbocycles. The van der Waals surface area contributed by atoms with Crippen molar-refractivity contribution in [3.8, 4) is 16.9 Å². The Balaban J connectivity index is 1.41. The quantitative estimate of drug-likeness (QED) is 0.408. The van der Waals surface area contributed by atoms with Crippen molar-refractivity contribution < 1.29 is 9.53 Å². The molecule has 2 heterocycles. The number of rotatable bonds is 6. The van der Waals surface area contributed by atoms with Crippen LogP contribution >= 0.6 is 11.9 Å². The maximum atomic E-state index is 13.4. The second-order valence-corrected chi connectivity index (χ2v) is 8.82. The van der Waals surface area contributed by atoms with Crippen molar-refractivity contribution in [1.29, 1.82) is 0 Å². The van der Waals surface area contributed by atoms with Gasteiger partial charge in [0.2, 0.25) is 0 Å². The second-order valence-electron chi connectivity index (χ2n) is 7.65. The van der Waals surface area contributed by atoms with Gasteiger partial charge in [0.05, 0.1) is 24.5 Å². The van der Waals surface area contributed by atoms with Gasteiger partial charge < -0.3 is 10.1 Å². The highest BCUT2D eigenvalue weighted by Crippen LogP contribution is 2.28. The third-order valence-corrected chi connectivity index (χ3v) is 6.41. The molecule has 0 radical (unpaired) electrons. The number of nitrogens with zero attached hydrogens (tertiary/aromatic N) is 3. The summed E-state index contributed by atoms with van der Waals surface area (Å²) in [4.78, 5) is 14.4. The zero-order valence-electron chi connectivity index (χ0n) is 18.1. The molecule has 1 fully saturated rings. The van der Waals surface area contributed by atoms with Gasteiger partial charge in [-0.1, -0.05) is 54.6 Å². The van der Waals surface area contributed by atoms with E-state index in [0.29, 0.717) is 11.3 Å². The number of hydrogen-bond donors (Lipinski definition) is 1. The Kier molecular flexibility index (Phi) is 6.53. The molecule has 1 aromatic heterocycles. The van der Waals surface area contributed by atoms with Crippen LogP contribution < -0.4 is 5.32 Å². The number of amides is 1. The molecule has 4 aromatic rings. The van der Waals surface area contributed by atoms with Crippen molar-refractivity contribution in [2.75, 3.05) is 31.6 Å². The highest BCUT2D eigenvalue weighted by Gasteiger charge is 2.19. The van der Waals surface area contributed by atoms with Gasteiger partial charge in [0, 0.05) is 35.4 Å². The summed E-state index contributed by atoms with van der Waals surface area (Å²) < 4.78 is 9.46. The van der Waals surface area contributed by atoms with E-state index in [4.69, 9.17) is 9.84 Å². The Morgan fingerprint density at radius 3 is 2.39 bits per heavy atom. The van der Waals surface area contributed by atoms with E-state index in [2.05, 4.69) is 15.7 Å². The SMILES string of the molecule is O=C(Nc1cccc(SN2CCOCC2)c1)c1cn(-c2ccccc2)nc1-c1ccccc1. The fraction of sp³-hybridized carbons (Fsp3) is 0.154. The Morgan fingerprint density at radius 2 is 1.64 bits per heavy atom. The molecule has 166 valence electrons. The lowest BCUT2D eigenvalue weighted by atomic mass is 10.1. The molecule has 0 unspecified atom stereocenters. The third kappa shape index (κ3) is 5.17. The lowest BCUT2D eigenvalue weighted by Gasteiger charge is -2.25. The topological polar surface area (TPSA) is 59.4 Å². The van der Waals surface area contributed by atoms with Crippen molar-refractivity contribution in [3.05, 3.63) is 96.7 Å². The van der Waals surface area contributed by atoms with Crippen molar-refractivity contribution in [3.63, 3.8) is 0 Å². The molecule has 3 aromatic carbocycles. The molecule has 1 saturated heterocycles. The molecule has 33 heavy (non-hydrogen) atoms. The summed E-state index contributed by atoms with van der Waals surface area (Å²) in [5, 5.41) is 7.80. The number of nitrogens with one attached hydrogen (secondary N) is 1. The molecular weight excluding hydrogens is 432 g/mol. The number of carbonyl (C=O) groups is 1. The molecule has 0 aliphatic carbocycles. The third-order valence-electron chi connectivity index (χ3n) is 5.32. The summed E-state index contributed by atoms with van der Waals surface area (Å²) in [6, 6.07) is 27.5. The fourth-order valence-electron chi connectivity index (χ4n) is 3.68. The number of morpholine rings is 1. The summed E-state index contributed by atoms with van der Waals surface area (Å²) >= 11 is 1.69. The number of hydrogen-bond acceptors (Lipinski definition) is 5. The molecule has 0 bridgehead atoms. The fourth-order valence-corrected chi connectivity index (χ4v) is 4.63. The number of para-hydroxylation sites is 1. The van der Waals surface area contributed by atoms with Crippen LogP contribution in [0.5, 0.6) is 0 Å². The Hall–Kier alpha value is -3.39. The molecular formula is C26H24N4O2S. The first-order valence-corrected chi connectivity index (χ1v) is 11.7. The van der Waals surface area contributed by atoms with Crippen molar-refractivity contribution in [1.82, 2.24) is 14.1 Å². The molecule has 5 rings (SSSR count). The van der Waals surface area contributed by atoms with Gasteiger partial charge in [0.15, 0.2) is 0 Å².